The molecule has 0 radical (unpaired) electrons. The van der Waals surface area contributed by atoms with E-state index in [9.17, 15) is 8.78 Å². The predicted octanol–water partition coefficient (Wildman–Crippen LogP) is 5.50. The van der Waals surface area contributed by atoms with Gasteiger partial charge in [0.1, 0.15) is 23.8 Å². The maximum absolute atomic E-state index is 13.8. The lowest BCUT2D eigenvalue weighted by Gasteiger charge is -2.10. The Balaban J connectivity index is 1.94. The third-order valence-corrected chi connectivity index (χ3v) is 4.52. The fraction of sp³-hybridized carbons (Fsp3) is 0. The van der Waals surface area contributed by atoms with E-state index in [0.29, 0.717) is 28.3 Å². The van der Waals surface area contributed by atoms with Gasteiger partial charge < -0.3 is 0 Å². The van der Waals surface area contributed by atoms with Crippen LogP contribution in [0.5, 0.6) is 0 Å². The number of nitriles is 2. The molecule has 3 aromatic carbocycles. The topological polar surface area (TPSA) is 73.4 Å². The fourth-order valence-electron chi connectivity index (χ4n) is 3.00. The Morgan fingerprint density at radius 3 is 1.57 bits per heavy atom. The van der Waals surface area contributed by atoms with E-state index < -0.39 is 11.6 Å². The van der Waals surface area contributed by atoms with Crippen molar-refractivity contribution in [2.75, 3.05) is 0 Å². The highest BCUT2D eigenvalue weighted by Gasteiger charge is 2.13. The smallest absolute Gasteiger partial charge is 0.160 e. The highest BCUT2D eigenvalue weighted by atomic mass is 19.1. The average molecular weight is 394 g/mol. The Bertz CT molecular complexity index is 1250. The van der Waals surface area contributed by atoms with Gasteiger partial charge in [-0.15, -0.1) is 0 Å². The lowest BCUT2D eigenvalue weighted by Crippen LogP contribution is -1.97. The Kier molecular flexibility index (Phi) is 4.99. The minimum Gasteiger partial charge on any atom is -0.228 e. The lowest BCUT2D eigenvalue weighted by molar-refractivity contribution is 0.624. The van der Waals surface area contributed by atoms with Gasteiger partial charge in [-0.2, -0.15) is 10.5 Å². The second kappa shape index (κ2) is 7.90. The van der Waals surface area contributed by atoms with Crippen LogP contribution in [0, 0.1) is 34.3 Å². The Morgan fingerprint density at radius 2 is 1.10 bits per heavy atom. The zero-order chi connectivity index (χ0) is 21.1. The normalized spacial score (nSPS) is 10.3. The van der Waals surface area contributed by atoms with Crippen molar-refractivity contribution in [1.82, 2.24) is 9.97 Å². The van der Waals surface area contributed by atoms with Crippen molar-refractivity contribution in [1.29, 1.82) is 10.5 Å². The maximum atomic E-state index is 13.8. The van der Waals surface area contributed by atoms with Crippen molar-refractivity contribution >= 4 is 0 Å². The van der Waals surface area contributed by atoms with E-state index >= 15 is 0 Å². The van der Waals surface area contributed by atoms with Gasteiger partial charge >= 0.3 is 0 Å². The zero-order valence-corrected chi connectivity index (χ0v) is 15.5. The Morgan fingerprint density at radius 1 is 0.600 bits per heavy atom. The number of benzene rings is 3. The van der Waals surface area contributed by atoms with Crippen LogP contribution >= 0.6 is 0 Å². The van der Waals surface area contributed by atoms with E-state index in [-0.39, 0.29) is 11.1 Å². The minimum atomic E-state index is -0.615. The first kappa shape index (κ1) is 18.9. The van der Waals surface area contributed by atoms with E-state index in [1.165, 1.54) is 36.4 Å². The Hall–Kier alpha value is -4.42. The molecular weight excluding hydrogens is 382 g/mol. The molecule has 4 nitrogen and oxygen atoms in total. The first-order valence-electron chi connectivity index (χ1n) is 8.93. The van der Waals surface area contributed by atoms with Crippen LogP contribution in [0.3, 0.4) is 0 Å². The molecule has 0 spiro atoms. The molecule has 30 heavy (non-hydrogen) atoms. The van der Waals surface area contributed by atoms with E-state index in [2.05, 4.69) is 9.97 Å². The Labute approximate surface area is 171 Å². The molecule has 0 aliphatic heterocycles. The molecule has 0 bridgehead atoms. The van der Waals surface area contributed by atoms with Crippen molar-refractivity contribution in [3.63, 3.8) is 0 Å². The van der Waals surface area contributed by atoms with Crippen molar-refractivity contribution < 1.29 is 8.78 Å². The molecule has 0 aliphatic carbocycles. The van der Waals surface area contributed by atoms with Crippen molar-refractivity contribution in [2.45, 2.75) is 0 Å². The molecule has 0 unspecified atom stereocenters. The second-order valence-electron chi connectivity index (χ2n) is 6.44. The molecule has 0 aliphatic rings. The number of hydrogen-bond acceptors (Lipinski definition) is 4. The van der Waals surface area contributed by atoms with Crippen LogP contribution in [0.25, 0.3) is 33.9 Å². The van der Waals surface area contributed by atoms with Crippen LogP contribution in [-0.2, 0) is 0 Å². The summed E-state index contributed by atoms with van der Waals surface area (Å²) < 4.78 is 27.5. The number of rotatable bonds is 3. The molecule has 0 fully saturated rings. The molecule has 1 heterocycles. The standard InChI is InChI=1S/C24H12F2N4/c25-20-8-6-16(10-18(20)13-27)22-12-23(17-7-9-21(26)19(11-17)14-28)30-24(29-22)15-4-2-1-3-5-15/h1-12H. The SMILES string of the molecule is N#Cc1cc(-c2cc(-c3ccc(F)c(C#N)c3)nc(-c3ccccc3)n2)ccc1F. The summed E-state index contributed by atoms with van der Waals surface area (Å²) >= 11 is 0. The summed E-state index contributed by atoms with van der Waals surface area (Å²) in [5, 5.41) is 18.3. The predicted molar refractivity (Wildman–Crippen MR) is 108 cm³/mol. The van der Waals surface area contributed by atoms with Crippen LogP contribution < -0.4 is 0 Å². The summed E-state index contributed by atoms with van der Waals surface area (Å²) in [7, 11) is 0. The van der Waals surface area contributed by atoms with Crippen molar-refractivity contribution in [2.24, 2.45) is 0 Å². The molecule has 0 N–H and O–H groups in total. The largest absolute Gasteiger partial charge is 0.228 e. The fourth-order valence-corrected chi connectivity index (χ4v) is 3.00. The monoisotopic (exact) mass is 394 g/mol. The molecule has 4 rings (SSSR count). The van der Waals surface area contributed by atoms with Crippen molar-refractivity contribution in [3.05, 3.63) is 95.6 Å². The average Bonchev–Trinajstić information content (AvgIpc) is 2.80. The summed E-state index contributed by atoms with van der Waals surface area (Å²) in [6.07, 6.45) is 0. The van der Waals surface area contributed by atoms with E-state index in [0.717, 1.165) is 5.56 Å². The highest BCUT2D eigenvalue weighted by Crippen LogP contribution is 2.29. The first-order valence-corrected chi connectivity index (χ1v) is 8.93. The third-order valence-electron chi connectivity index (χ3n) is 4.52. The third kappa shape index (κ3) is 3.63. The molecule has 0 saturated heterocycles. The van der Waals surface area contributed by atoms with Gasteiger partial charge in [0.15, 0.2) is 5.82 Å². The van der Waals surface area contributed by atoms with Gasteiger partial charge in [-0.3, -0.25) is 0 Å². The number of nitrogens with zero attached hydrogens (tertiary/aromatic N) is 4. The highest BCUT2D eigenvalue weighted by molar-refractivity contribution is 5.73. The number of halogens is 2. The van der Waals surface area contributed by atoms with E-state index in [4.69, 9.17) is 10.5 Å². The lowest BCUT2D eigenvalue weighted by atomic mass is 10.0. The molecular formula is C24H12F2N4. The molecule has 6 heteroatoms. The van der Waals surface area contributed by atoms with Gasteiger partial charge in [-0.05, 0) is 42.5 Å². The van der Waals surface area contributed by atoms with Crippen LogP contribution in [0.2, 0.25) is 0 Å². The van der Waals surface area contributed by atoms with Crippen LogP contribution in [-0.4, -0.2) is 9.97 Å². The van der Waals surface area contributed by atoms with Gasteiger partial charge in [0.25, 0.3) is 0 Å². The van der Waals surface area contributed by atoms with Crippen LogP contribution in [0.4, 0.5) is 8.78 Å². The van der Waals surface area contributed by atoms with Crippen LogP contribution in [0.15, 0.2) is 72.8 Å². The van der Waals surface area contributed by atoms with Gasteiger partial charge in [0, 0.05) is 16.7 Å². The van der Waals surface area contributed by atoms with Gasteiger partial charge in [0.05, 0.1) is 22.5 Å². The molecule has 142 valence electrons. The molecule has 1 aromatic heterocycles. The summed E-state index contributed by atoms with van der Waals surface area (Å²) in [5.41, 5.74) is 2.58. The quantitative estimate of drug-likeness (QED) is 0.460. The van der Waals surface area contributed by atoms with Gasteiger partial charge in [-0.25, -0.2) is 18.7 Å². The number of aromatic nitrogens is 2. The van der Waals surface area contributed by atoms with E-state index in [1.54, 1.807) is 6.07 Å². The molecule has 0 atom stereocenters. The summed E-state index contributed by atoms with van der Waals surface area (Å²) in [6.45, 7) is 0. The van der Waals surface area contributed by atoms with Crippen molar-refractivity contribution in [3.8, 4) is 46.0 Å². The second-order valence-corrected chi connectivity index (χ2v) is 6.44. The number of hydrogen-bond donors (Lipinski definition) is 0. The minimum absolute atomic E-state index is 0.0949. The maximum Gasteiger partial charge on any atom is 0.160 e. The zero-order valence-electron chi connectivity index (χ0n) is 15.5. The van der Waals surface area contributed by atoms with Crippen LogP contribution in [0.1, 0.15) is 11.1 Å². The summed E-state index contributed by atoms with van der Waals surface area (Å²) in [5.74, 6) is -0.819. The first-order chi connectivity index (χ1) is 14.6. The van der Waals surface area contributed by atoms with E-state index in [1.807, 2.05) is 42.5 Å². The molecule has 0 amide bonds. The molecule has 0 saturated carbocycles. The van der Waals surface area contributed by atoms with Gasteiger partial charge in [0.2, 0.25) is 0 Å². The van der Waals surface area contributed by atoms with Gasteiger partial charge in [-0.1, -0.05) is 30.3 Å². The summed E-state index contributed by atoms with van der Waals surface area (Å²) in [4.78, 5) is 9.17. The summed E-state index contributed by atoms with van der Waals surface area (Å²) in [6, 6.07) is 22.9. The molecule has 4 aromatic rings.